The molecule has 3 aromatic rings. The standard InChI is InChI=1S/C20H20F2N4O3S/c1-24-20(27)26(15-6-3-2-4-7-15)19(23-24)14-10-12-25(13-11-14)30(28,29)18-16(21)8-5-9-17(18)22/h2-9,14H,10-13H2,1H3. The predicted octanol–water partition coefficient (Wildman–Crippen LogP) is 2.42. The van der Waals surface area contributed by atoms with E-state index in [4.69, 9.17) is 0 Å². The van der Waals surface area contributed by atoms with Crippen LogP contribution in [-0.4, -0.2) is 40.2 Å². The number of nitrogens with zero attached hydrogens (tertiary/aromatic N) is 4. The van der Waals surface area contributed by atoms with Crippen molar-refractivity contribution < 1.29 is 17.2 Å². The number of hydrogen-bond donors (Lipinski definition) is 0. The summed E-state index contributed by atoms with van der Waals surface area (Å²) in [5, 5.41) is 4.36. The van der Waals surface area contributed by atoms with Crippen molar-refractivity contribution in [3.63, 3.8) is 0 Å². The van der Waals surface area contributed by atoms with Gasteiger partial charge in [0, 0.05) is 26.1 Å². The first-order valence-electron chi connectivity index (χ1n) is 9.46. The van der Waals surface area contributed by atoms with Crippen molar-refractivity contribution in [1.29, 1.82) is 0 Å². The molecule has 1 fully saturated rings. The fourth-order valence-electron chi connectivity index (χ4n) is 3.78. The maximum atomic E-state index is 14.0. The third-order valence-corrected chi connectivity index (χ3v) is 7.25. The van der Waals surface area contributed by atoms with Gasteiger partial charge in [-0.3, -0.25) is 0 Å². The fourth-order valence-corrected chi connectivity index (χ4v) is 5.36. The van der Waals surface area contributed by atoms with E-state index in [-0.39, 0.29) is 24.7 Å². The van der Waals surface area contributed by atoms with E-state index < -0.39 is 26.6 Å². The Hall–Kier alpha value is -2.85. The van der Waals surface area contributed by atoms with Gasteiger partial charge in [0.05, 0.1) is 5.69 Å². The van der Waals surface area contributed by atoms with Crippen molar-refractivity contribution in [1.82, 2.24) is 18.7 Å². The first kappa shape index (κ1) is 20.4. The quantitative estimate of drug-likeness (QED) is 0.632. The Labute approximate surface area is 172 Å². The topological polar surface area (TPSA) is 77.2 Å². The van der Waals surface area contributed by atoms with Crippen LogP contribution in [0.25, 0.3) is 5.69 Å². The Morgan fingerprint density at radius 1 is 0.967 bits per heavy atom. The molecule has 2 aromatic carbocycles. The highest BCUT2D eigenvalue weighted by atomic mass is 32.2. The second-order valence-corrected chi connectivity index (χ2v) is 9.04. The van der Waals surface area contributed by atoms with Crippen LogP contribution in [0.1, 0.15) is 24.6 Å². The van der Waals surface area contributed by atoms with E-state index in [1.54, 1.807) is 19.2 Å². The largest absolute Gasteiger partial charge is 0.350 e. The van der Waals surface area contributed by atoms with E-state index in [1.165, 1.54) is 9.25 Å². The molecule has 10 heteroatoms. The number of rotatable bonds is 4. The van der Waals surface area contributed by atoms with E-state index in [2.05, 4.69) is 5.10 Å². The van der Waals surface area contributed by atoms with Gasteiger partial charge in [-0.25, -0.2) is 31.2 Å². The third kappa shape index (κ3) is 3.46. The van der Waals surface area contributed by atoms with Gasteiger partial charge in [-0.05, 0) is 37.1 Å². The van der Waals surface area contributed by atoms with Gasteiger partial charge in [0.15, 0.2) is 4.90 Å². The average Bonchev–Trinajstić information content (AvgIpc) is 3.03. The Morgan fingerprint density at radius 2 is 1.57 bits per heavy atom. The number of sulfonamides is 1. The second kappa shape index (κ2) is 7.77. The van der Waals surface area contributed by atoms with Crippen molar-refractivity contribution in [2.75, 3.05) is 13.1 Å². The van der Waals surface area contributed by atoms with Gasteiger partial charge >= 0.3 is 5.69 Å². The van der Waals surface area contributed by atoms with E-state index in [9.17, 15) is 22.0 Å². The van der Waals surface area contributed by atoms with Gasteiger partial charge in [-0.2, -0.15) is 9.40 Å². The lowest BCUT2D eigenvalue weighted by atomic mass is 9.97. The molecule has 158 valence electrons. The molecule has 0 unspecified atom stereocenters. The van der Waals surface area contributed by atoms with E-state index in [1.807, 2.05) is 18.2 Å². The zero-order valence-corrected chi connectivity index (χ0v) is 17.0. The summed E-state index contributed by atoms with van der Waals surface area (Å²) >= 11 is 0. The summed E-state index contributed by atoms with van der Waals surface area (Å²) in [7, 11) is -2.74. The third-order valence-electron chi connectivity index (χ3n) is 5.30. The molecule has 0 saturated carbocycles. The maximum Gasteiger partial charge on any atom is 0.350 e. The molecule has 0 bridgehead atoms. The minimum Gasteiger partial charge on any atom is -0.247 e. The molecule has 1 aromatic heterocycles. The van der Waals surface area contributed by atoms with Gasteiger partial charge in [0.2, 0.25) is 10.0 Å². The van der Waals surface area contributed by atoms with Crippen molar-refractivity contribution in [2.24, 2.45) is 7.05 Å². The monoisotopic (exact) mass is 434 g/mol. The number of para-hydroxylation sites is 1. The Bertz CT molecular complexity index is 1210. The molecular formula is C20H20F2N4O3S. The molecule has 0 N–H and O–H groups in total. The number of piperidine rings is 1. The first-order valence-corrected chi connectivity index (χ1v) is 10.9. The lowest BCUT2D eigenvalue weighted by Gasteiger charge is -2.31. The normalized spacial score (nSPS) is 16.1. The van der Waals surface area contributed by atoms with E-state index in [0.29, 0.717) is 24.4 Å². The Balaban J connectivity index is 1.61. The van der Waals surface area contributed by atoms with Crippen LogP contribution < -0.4 is 5.69 Å². The van der Waals surface area contributed by atoms with E-state index in [0.717, 1.165) is 22.5 Å². The SMILES string of the molecule is Cn1nc(C2CCN(S(=O)(=O)c3c(F)cccc3F)CC2)n(-c2ccccc2)c1=O. The van der Waals surface area contributed by atoms with Gasteiger partial charge in [0.1, 0.15) is 17.5 Å². The van der Waals surface area contributed by atoms with Crippen molar-refractivity contribution >= 4 is 10.0 Å². The summed E-state index contributed by atoms with van der Waals surface area (Å²) < 4.78 is 57.5. The molecule has 0 amide bonds. The first-order chi connectivity index (χ1) is 14.3. The zero-order valence-electron chi connectivity index (χ0n) is 16.2. The molecular weight excluding hydrogens is 414 g/mol. The molecule has 1 saturated heterocycles. The molecule has 0 spiro atoms. The van der Waals surface area contributed by atoms with Gasteiger partial charge < -0.3 is 0 Å². The summed E-state index contributed by atoms with van der Waals surface area (Å²) in [6.45, 7) is 0.140. The van der Waals surface area contributed by atoms with Crippen LogP contribution in [0.3, 0.4) is 0 Å². The molecule has 30 heavy (non-hydrogen) atoms. The fraction of sp³-hybridized carbons (Fsp3) is 0.300. The van der Waals surface area contributed by atoms with Crippen molar-refractivity contribution in [3.8, 4) is 5.69 Å². The Kier molecular flexibility index (Phi) is 5.29. The summed E-state index contributed by atoms with van der Waals surface area (Å²) in [5.41, 5.74) is 0.383. The Morgan fingerprint density at radius 3 is 2.17 bits per heavy atom. The van der Waals surface area contributed by atoms with Crippen LogP contribution in [0.15, 0.2) is 58.2 Å². The average molecular weight is 434 g/mol. The van der Waals surface area contributed by atoms with Gasteiger partial charge in [-0.15, -0.1) is 0 Å². The predicted molar refractivity (Wildman–Crippen MR) is 106 cm³/mol. The molecule has 1 aliphatic rings. The summed E-state index contributed by atoms with van der Waals surface area (Å²) in [5.74, 6) is -1.85. The minimum absolute atomic E-state index is 0.0698. The van der Waals surface area contributed by atoms with Crippen molar-refractivity contribution in [3.05, 3.63) is 76.5 Å². The maximum absolute atomic E-state index is 14.0. The number of aryl methyl sites for hydroxylation is 1. The highest BCUT2D eigenvalue weighted by molar-refractivity contribution is 7.89. The molecule has 2 heterocycles. The van der Waals surface area contributed by atoms with Crippen LogP contribution in [-0.2, 0) is 17.1 Å². The molecule has 0 atom stereocenters. The smallest absolute Gasteiger partial charge is 0.247 e. The van der Waals surface area contributed by atoms with Crippen LogP contribution in [0.4, 0.5) is 8.78 Å². The van der Waals surface area contributed by atoms with Crippen LogP contribution in [0.2, 0.25) is 0 Å². The highest BCUT2D eigenvalue weighted by Gasteiger charge is 2.35. The van der Waals surface area contributed by atoms with Crippen LogP contribution in [0.5, 0.6) is 0 Å². The van der Waals surface area contributed by atoms with Gasteiger partial charge in [-0.1, -0.05) is 24.3 Å². The molecule has 0 radical (unpaired) electrons. The van der Waals surface area contributed by atoms with E-state index >= 15 is 0 Å². The van der Waals surface area contributed by atoms with Crippen LogP contribution >= 0.6 is 0 Å². The summed E-state index contributed by atoms with van der Waals surface area (Å²) in [6.07, 6.45) is 0.747. The number of hydrogen-bond acceptors (Lipinski definition) is 4. The van der Waals surface area contributed by atoms with Crippen molar-refractivity contribution in [2.45, 2.75) is 23.7 Å². The number of aromatic nitrogens is 3. The second-order valence-electron chi connectivity index (χ2n) is 7.16. The molecule has 1 aliphatic heterocycles. The minimum atomic E-state index is -4.31. The molecule has 7 nitrogen and oxygen atoms in total. The summed E-state index contributed by atoms with van der Waals surface area (Å²) in [4.78, 5) is 11.7. The molecule has 4 rings (SSSR count). The lowest BCUT2D eigenvalue weighted by Crippen LogP contribution is -2.39. The zero-order chi connectivity index (χ0) is 21.5. The summed E-state index contributed by atoms with van der Waals surface area (Å²) in [6, 6.07) is 12.0. The highest BCUT2D eigenvalue weighted by Crippen LogP contribution is 2.31. The molecule has 0 aliphatic carbocycles. The number of benzene rings is 2. The van der Waals surface area contributed by atoms with Crippen LogP contribution in [0, 0.1) is 11.6 Å². The van der Waals surface area contributed by atoms with Gasteiger partial charge in [0.25, 0.3) is 0 Å². The lowest BCUT2D eigenvalue weighted by molar-refractivity contribution is 0.309. The number of halogens is 2.